The summed E-state index contributed by atoms with van der Waals surface area (Å²) in [7, 11) is 1.68. The average Bonchev–Trinajstić information content (AvgIpc) is 3.18. The van der Waals surface area contributed by atoms with Crippen molar-refractivity contribution in [3.05, 3.63) is 46.8 Å². The Bertz CT molecular complexity index is 648. The third kappa shape index (κ3) is 4.80. The van der Waals surface area contributed by atoms with Gasteiger partial charge in [-0.3, -0.25) is 4.79 Å². The standard InChI is InChI=1S/C19H25N3O2S/c1-24-11-10-22(13-16-7-12-25-15-16)19(23)17-5-4-9-21(14-17)18-6-2-3-8-20-18/h2-3,6-8,12,15,17H,4-5,9-11,13-14H2,1H3/t17-/m1/s1. The molecular formula is C19H25N3O2S. The van der Waals surface area contributed by atoms with Crippen LogP contribution in [-0.2, 0) is 16.1 Å². The minimum Gasteiger partial charge on any atom is -0.383 e. The molecule has 0 N–H and O–H groups in total. The van der Waals surface area contributed by atoms with Crippen LogP contribution in [0.2, 0.25) is 0 Å². The van der Waals surface area contributed by atoms with Gasteiger partial charge in [0.1, 0.15) is 5.82 Å². The highest BCUT2D eigenvalue weighted by molar-refractivity contribution is 7.07. The fourth-order valence-corrected chi connectivity index (χ4v) is 3.92. The number of carbonyl (C=O) groups excluding carboxylic acids is 1. The van der Waals surface area contributed by atoms with Gasteiger partial charge in [-0.05, 0) is 47.4 Å². The quantitative estimate of drug-likeness (QED) is 0.762. The number of piperidine rings is 1. The van der Waals surface area contributed by atoms with E-state index in [1.807, 2.05) is 29.3 Å². The van der Waals surface area contributed by atoms with Gasteiger partial charge < -0.3 is 14.5 Å². The number of hydrogen-bond donors (Lipinski definition) is 0. The van der Waals surface area contributed by atoms with Crippen LogP contribution in [0.4, 0.5) is 5.82 Å². The molecule has 1 amide bonds. The number of nitrogens with zero attached hydrogens (tertiary/aromatic N) is 3. The molecule has 0 unspecified atom stereocenters. The molecule has 0 bridgehead atoms. The highest BCUT2D eigenvalue weighted by atomic mass is 32.1. The molecule has 1 aliphatic heterocycles. The predicted octanol–water partition coefficient (Wildman–Crippen LogP) is 3.03. The van der Waals surface area contributed by atoms with E-state index in [2.05, 4.69) is 26.7 Å². The Morgan fingerprint density at radius 3 is 3.08 bits per heavy atom. The summed E-state index contributed by atoms with van der Waals surface area (Å²) in [5.74, 6) is 1.21. The van der Waals surface area contributed by atoms with Gasteiger partial charge in [0, 0.05) is 39.5 Å². The summed E-state index contributed by atoms with van der Waals surface area (Å²) >= 11 is 1.66. The molecule has 3 heterocycles. The lowest BCUT2D eigenvalue weighted by Gasteiger charge is -2.35. The Labute approximate surface area is 153 Å². The molecule has 1 fully saturated rings. The molecular weight excluding hydrogens is 334 g/mol. The van der Waals surface area contributed by atoms with Crippen molar-refractivity contribution in [2.75, 3.05) is 38.3 Å². The summed E-state index contributed by atoms with van der Waals surface area (Å²) in [6, 6.07) is 8.01. The van der Waals surface area contributed by atoms with E-state index >= 15 is 0 Å². The van der Waals surface area contributed by atoms with Crippen LogP contribution >= 0.6 is 11.3 Å². The van der Waals surface area contributed by atoms with Gasteiger partial charge in [0.05, 0.1) is 12.5 Å². The molecule has 2 aromatic heterocycles. The molecule has 0 aliphatic carbocycles. The van der Waals surface area contributed by atoms with Crippen LogP contribution < -0.4 is 4.90 Å². The second-order valence-electron chi connectivity index (χ2n) is 6.36. The van der Waals surface area contributed by atoms with E-state index in [9.17, 15) is 4.79 Å². The largest absolute Gasteiger partial charge is 0.383 e. The maximum Gasteiger partial charge on any atom is 0.227 e. The van der Waals surface area contributed by atoms with Crippen molar-refractivity contribution >= 4 is 23.1 Å². The van der Waals surface area contributed by atoms with E-state index in [-0.39, 0.29) is 11.8 Å². The number of rotatable bonds is 7. The van der Waals surface area contributed by atoms with Crippen molar-refractivity contribution in [2.24, 2.45) is 5.92 Å². The zero-order valence-electron chi connectivity index (χ0n) is 14.6. The Kier molecular flexibility index (Phi) is 6.42. The minimum absolute atomic E-state index is 0.0197. The SMILES string of the molecule is COCCN(Cc1ccsc1)C(=O)[C@@H]1CCCN(c2ccccn2)C1. The highest BCUT2D eigenvalue weighted by Gasteiger charge is 2.29. The Balaban J connectivity index is 1.67. The molecule has 0 spiro atoms. The Hall–Kier alpha value is -1.92. The minimum atomic E-state index is 0.0197. The molecule has 2 aromatic rings. The van der Waals surface area contributed by atoms with E-state index < -0.39 is 0 Å². The maximum atomic E-state index is 13.1. The topological polar surface area (TPSA) is 45.7 Å². The number of anilines is 1. The number of hydrogen-bond acceptors (Lipinski definition) is 5. The van der Waals surface area contributed by atoms with Crippen LogP contribution in [0.25, 0.3) is 0 Å². The summed E-state index contributed by atoms with van der Waals surface area (Å²) in [6.07, 6.45) is 3.76. The molecule has 0 aromatic carbocycles. The second kappa shape index (κ2) is 8.97. The number of aromatic nitrogens is 1. The number of ether oxygens (including phenoxy) is 1. The van der Waals surface area contributed by atoms with Crippen LogP contribution in [0.5, 0.6) is 0 Å². The first-order valence-electron chi connectivity index (χ1n) is 8.72. The van der Waals surface area contributed by atoms with Crippen LogP contribution in [0.15, 0.2) is 41.2 Å². The Morgan fingerprint density at radius 2 is 2.36 bits per heavy atom. The number of carbonyl (C=O) groups is 1. The normalized spacial score (nSPS) is 17.5. The van der Waals surface area contributed by atoms with Gasteiger partial charge >= 0.3 is 0 Å². The zero-order valence-corrected chi connectivity index (χ0v) is 15.5. The molecule has 1 aliphatic rings. The lowest BCUT2D eigenvalue weighted by Crippen LogP contribution is -2.45. The van der Waals surface area contributed by atoms with Gasteiger partial charge in [0.25, 0.3) is 0 Å². The smallest absolute Gasteiger partial charge is 0.227 e. The molecule has 5 nitrogen and oxygen atoms in total. The fourth-order valence-electron chi connectivity index (χ4n) is 3.26. The van der Waals surface area contributed by atoms with Crippen molar-refractivity contribution in [2.45, 2.75) is 19.4 Å². The summed E-state index contributed by atoms with van der Waals surface area (Å²) in [5, 5.41) is 4.16. The van der Waals surface area contributed by atoms with Gasteiger partial charge in [-0.2, -0.15) is 11.3 Å². The summed E-state index contributed by atoms with van der Waals surface area (Å²) in [4.78, 5) is 21.7. The molecule has 25 heavy (non-hydrogen) atoms. The molecule has 0 radical (unpaired) electrons. The number of methoxy groups -OCH3 is 1. The first-order valence-corrected chi connectivity index (χ1v) is 9.67. The van der Waals surface area contributed by atoms with Gasteiger partial charge in [-0.1, -0.05) is 6.07 Å². The molecule has 0 saturated carbocycles. The zero-order chi connectivity index (χ0) is 17.5. The van der Waals surface area contributed by atoms with Crippen LogP contribution in [-0.4, -0.2) is 49.1 Å². The maximum absolute atomic E-state index is 13.1. The fraction of sp³-hybridized carbons (Fsp3) is 0.474. The predicted molar refractivity (Wildman–Crippen MR) is 101 cm³/mol. The molecule has 3 rings (SSSR count). The third-order valence-corrected chi connectivity index (χ3v) is 5.31. The molecule has 134 valence electrons. The van der Waals surface area contributed by atoms with Gasteiger partial charge in [-0.15, -0.1) is 0 Å². The van der Waals surface area contributed by atoms with E-state index in [4.69, 9.17) is 4.74 Å². The molecule has 6 heteroatoms. The number of pyridine rings is 1. The number of thiophene rings is 1. The average molecular weight is 359 g/mol. The first-order chi connectivity index (χ1) is 12.3. The lowest BCUT2D eigenvalue weighted by atomic mass is 9.96. The van der Waals surface area contributed by atoms with Crippen LogP contribution in [0.1, 0.15) is 18.4 Å². The van der Waals surface area contributed by atoms with Crippen molar-refractivity contribution in [1.82, 2.24) is 9.88 Å². The number of amides is 1. The third-order valence-electron chi connectivity index (χ3n) is 4.57. The van der Waals surface area contributed by atoms with Crippen molar-refractivity contribution < 1.29 is 9.53 Å². The van der Waals surface area contributed by atoms with Crippen LogP contribution in [0.3, 0.4) is 0 Å². The van der Waals surface area contributed by atoms with E-state index in [0.29, 0.717) is 19.7 Å². The molecule has 1 atom stereocenters. The molecule has 1 saturated heterocycles. The van der Waals surface area contributed by atoms with Crippen molar-refractivity contribution in [1.29, 1.82) is 0 Å². The lowest BCUT2D eigenvalue weighted by molar-refractivity contribution is -0.137. The first kappa shape index (κ1) is 17.9. The van der Waals surface area contributed by atoms with Crippen LogP contribution in [0, 0.1) is 5.92 Å². The summed E-state index contributed by atoms with van der Waals surface area (Å²) < 4.78 is 5.21. The Morgan fingerprint density at radius 1 is 1.44 bits per heavy atom. The van der Waals surface area contributed by atoms with E-state index in [0.717, 1.165) is 31.7 Å². The van der Waals surface area contributed by atoms with Crippen molar-refractivity contribution in [3.8, 4) is 0 Å². The van der Waals surface area contributed by atoms with Gasteiger partial charge in [0.15, 0.2) is 0 Å². The monoisotopic (exact) mass is 359 g/mol. The summed E-state index contributed by atoms with van der Waals surface area (Å²) in [6.45, 7) is 3.55. The van der Waals surface area contributed by atoms with E-state index in [1.54, 1.807) is 18.4 Å². The summed E-state index contributed by atoms with van der Waals surface area (Å²) in [5.41, 5.74) is 1.19. The van der Waals surface area contributed by atoms with Crippen molar-refractivity contribution in [3.63, 3.8) is 0 Å². The highest BCUT2D eigenvalue weighted by Crippen LogP contribution is 2.23. The van der Waals surface area contributed by atoms with Gasteiger partial charge in [-0.25, -0.2) is 4.98 Å². The van der Waals surface area contributed by atoms with E-state index in [1.165, 1.54) is 5.56 Å². The second-order valence-corrected chi connectivity index (χ2v) is 7.14. The van der Waals surface area contributed by atoms with Gasteiger partial charge in [0.2, 0.25) is 5.91 Å².